The van der Waals surface area contributed by atoms with Crippen LogP contribution in [0.25, 0.3) is 0 Å². The predicted octanol–water partition coefficient (Wildman–Crippen LogP) is 0.428. The van der Waals surface area contributed by atoms with Crippen molar-refractivity contribution in [3.8, 4) is 0 Å². The number of aryl methyl sites for hydroxylation is 1. The fourth-order valence-corrected chi connectivity index (χ4v) is 0.893. The van der Waals surface area contributed by atoms with Crippen LogP contribution in [-0.2, 0) is 0 Å². The molecule has 4 nitrogen and oxygen atoms in total. The number of hydrogen-bond donors (Lipinski definition) is 2. The van der Waals surface area contributed by atoms with Crippen molar-refractivity contribution in [3.63, 3.8) is 0 Å². The van der Waals surface area contributed by atoms with E-state index in [2.05, 4.69) is 10.4 Å². The molecule has 0 spiro atoms. The van der Waals surface area contributed by atoms with E-state index in [0.717, 1.165) is 11.3 Å². The van der Waals surface area contributed by atoms with E-state index < -0.39 is 0 Å². The Bertz CT molecular complexity index is 264. The van der Waals surface area contributed by atoms with Gasteiger partial charge in [0.15, 0.2) is 0 Å². The molecule has 1 rings (SSSR count). The topological polar surface area (TPSA) is 63.5 Å². The zero-order valence-electron chi connectivity index (χ0n) is 6.59. The summed E-state index contributed by atoms with van der Waals surface area (Å²) in [6, 6.07) is 1.82. The number of hydrazine groups is 1. The average Bonchev–Trinajstić information content (AvgIpc) is 2.40. The largest absolute Gasteiger partial charge is 0.469 e. The van der Waals surface area contributed by atoms with Gasteiger partial charge in [-0.25, -0.2) is 5.84 Å². The summed E-state index contributed by atoms with van der Waals surface area (Å²) >= 11 is 0. The molecule has 0 amide bonds. The number of nitrogens with one attached hydrogen (secondary N) is 1. The molecule has 3 N–H and O–H groups in total. The number of nitrogens with two attached hydrogens (primary N) is 1. The Labute approximate surface area is 65.1 Å². The first kappa shape index (κ1) is 7.81. The zero-order chi connectivity index (χ0) is 8.27. The Morgan fingerprint density at radius 1 is 1.73 bits per heavy atom. The van der Waals surface area contributed by atoms with Crippen LogP contribution in [0.4, 0.5) is 0 Å². The van der Waals surface area contributed by atoms with E-state index >= 15 is 0 Å². The van der Waals surface area contributed by atoms with Crippen molar-refractivity contribution < 1.29 is 4.42 Å². The van der Waals surface area contributed by atoms with Gasteiger partial charge in [0.2, 0.25) is 0 Å². The van der Waals surface area contributed by atoms with Gasteiger partial charge in [-0.15, -0.1) is 0 Å². The molecule has 0 aliphatic heterocycles. The van der Waals surface area contributed by atoms with Crippen LogP contribution in [0.5, 0.6) is 0 Å². The summed E-state index contributed by atoms with van der Waals surface area (Å²) in [6.07, 6.45) is 1.60. The van der Waals surface area contributed by atoms with Crippen molar-refractivity contribution in [3.05, 3.63) is 23.7 Å². The van der Waals surface area contributed by atoms with Gasteiger partial charge in [0, 0.05) is 7.05 Å². The van der Waals surface area contributed by atoms with Crippen LogP contribution in [0.3, 0.4) is 0 Å². The van der Waals surface area contributed by atoms with Crippen molar-refractivity contribution >= 4 is 5.84 Å². The molecule has 0 radical (unpaired) electrons. The normalized spacial score (nSPS) is 11.7. The van der Waals surface area contributed by atoms with Gasteiger partial charge in [-0.05, 0) is 13.0 Å². The fraction of sp³-hybridized carbons (Fsp3) is 0.286. The average molecular weight is 153 g/mol. The van der Waals surface area contributed by atoms with Crippen molar-refractivity contribution in [1.29, 1.82) is 0 Å². The van der Waals surface area contributed by atoms with Gasteiger partial charge in [-0.1, -0.05) is 0 Å². The van der Waals surface area contributed by atoms with E-state index in [1.54, 1.807) is 13.3 Å². The SMILES string of the molecule is CN=C(NN)c1ccoc1C. The van der Waals surface area contributed by atoms with Crippen molar-refractivity contribution in [2.45, 2.75) is 6.92 Å². The first-order chi connectivity index (χ1) is 5.29. The van der Waals surface area contributed by atoms with Gasteiger partial charge in [-0.2, -0.15) is 0 Å². The van der Waals surface area contributed by atoms with Gasteiger partial charge < -0.3 is 9.84 Å². The molecular formula is C7H11N3O. The minimum atomic E-state index is 0.635. The Kier molecular flexibility index (Phi) is 2.28. The zero-order valence-corrected chi connectivity index (χ0v) is 6.59. The molecule has 4 heteroatoms. The highest BCUT2D eigenvalue weighted by molar-refractivity contribution is 5.99. The van der Waals surface area contributed by atoms with Gasteiger partial charge in [0.05, 0.1) is 11.8 Å². The summed E-state index contributed by atoms with van der Waals surface area (Å²) in [5, 5.41) is 0. The van der Waals surface area contributed by atoms with Crippen LogP contribution >= 0.6 is 0 Å². The fourth-order valence-electron chi connectivity index (χ4n) is 0.893. The Hall–Kier alpha value is -1.29. The van der Waals surface area contributed by atoms with E-state index in [9.17, 15) is 0 Å². The number of amidine groups is 1. The quantitative estimate of drug-likeness (QED) is 0.266. The number of nitrogens with zero attached hydrogens (tertiary/aromatic N) is 1. The first-order valence-electron chi connectivity index (χ1n) is 3.27. The summed E-state index contributed by atoms with van der Waals surface area (Å²) in [5.41, 5.74) is 3.38. The second kappa shape index (κ2) is 3.21. The standard InChI is InChI=1S/C7H11N3O/c1-5-6(3-4-11-5)7(9-2)10-8/h3-4H,8H2,1-2H3,(H,9,10). The molecule has 1 aromatic rings. The molecule has 0 aliphatic carbocycles. The lowest BCUT2D eigenvalue weighted by atomic mass is 10.2. The lowest BCUT2D eigenvalue weighted by Gasteiger charge is -2.00. The van der Waals surface area contributed by atoms with Crippen molar-refractivity contribution in [2.24, 2.45) is 10.8 Å². The van der Waals surface area contributed by atoms with E-state index in [0.29, 0.717) is 5.84 Å². The molecular weight excluding hydrogens is 142 g/mol. The predicted molar refractivity (Wildman–Crippen MR) is 43.2 cm³/mol. The monoisotopic (exact) mass is 153 g/mol. The molecule has 0 unspecified atom stereocenters. The number of hydrogen-bond acceptors (Lipinski definition) is 3. The summed E-state index contributed by atoms with van der Waals surface area (Å²) in [7, 11) is 1.67. The third kappa shape index (κ3) is 1.40. The van der Waals surface area contributed by atoms with Gasteiger partial charge in [-0.3, -0.25) is 4.99 Å². The molecule has 1 aromatic heterocycles. The van der Waals surface area contributed by atoms with Crippen molar-refractivity contribution in [2.75, 3.05) is 7.05 Å². The van der Waals surface area contributed by atoms with Crippen LogP contribution in [0.2, 0.25) is 0 Å². The minimum absolute atomic E-state index is 0.635. The summed E-state index contributed by atoms with van der Waals surface area (Å²) in [6.45, 7) is 1.86. The Morgan fingerprint density at radius 2 is 2.45 bits per heavy atom. The molecule has 11 heavy (non-hydrogen) atoms. The Balaban J connectivity index is 3.00. The van der Waals surface area contributed by atoms with Crippen LogP contribution in [0.1, 0.15) is 11.3 Å². The molecule has 0 fully saturated rings. The molecule has 1 heterocycles. The van der Waals surface area contributed by atoms with Gasteiger partial charge >= 0.3 is 0 Å². The Morgan fingerprint density at radius 3 is 2.82 bits per heavy atom. The highest BCUT2D eigenvalue weighted by atomic mass is 16.3. The summed E-state index contributed by atoms with van der Waals surface area (Å²) < 4.78 is 5.07. The van der Waals surface area contributed by atoms with Crippen molar-refractivity contribution in [1.82, 2.24) is 5.43 Å². The third-order valence-electron chi connectivity index (χ3n) is 1.47. The van der Waals surface area contributed by atoms with E-state index in [-0.39, 0.29) is 0 Å². The number of rotatable bonds is 1. The van der Waals surface area contributed by atoms with Crippen LogP contribution in [0.15, 0.2) is 21.7 Å². The summed E-state index contributed by atoms with van der Waals surface area (Å²) in [5.74, 6) is 6.67. The third-order valence-corrected chi connectivity index (χ3v) is 1.47. The maximum atomic E-state index is 5.22. The number of furan rings is 1. The first-order valence-corrected chi connectivity index (χ1v) is 3.27. The van der Waals surface area contributed by atoms with Crippen LogP contribution in [-0.4, -0.2) is 12.9 Å². The molecule has 0 aliphatic rings. The van der Waals surface area contributed by atoms with Crippen LogP contribution < -0.4 is 11.3 Å². The maximum absolute atomic E-state index is 5.22. The minimum Gasteiger partial charge on any atom is -0.469 e. The molecule has 0 saturated carbocycles. The lowest BCUT2D eigenvalue weighted by Crippen LogP contribution is -2.31. The highest BCUT2D eigenvalue weighted by Crippen LogP contribution is 2.07. The van der Waals surface area contributed by atoms with E-state index in [1.165, 1.54) is 0 Å². The summed E-state index contributed by atoms with van der Waals surface area (Å²) in [4.78, 5) is 3.93. The van der Waals surface area contributed by atoms with Gasteiger partial charge in [0.1, 0.15) is 11.6 Å². The molecule has 0 bridgehead atoms. The lowest BCUT2D eigenvalue weighted by molar-refractivity contribution is 0.533. The highest BCUT2D eigenvalue weighted by Gasteiger charge is 2.05. The van der Waals surface area contributed by atoms with E-state index in [1.807, 2.05) is 13.0 Å². The van der Waals surface area contributed by atoms with E-state index in [4.69, 9.17) is 10.3 Å². The second-order valence-corrected chi connectivity index (χ2v) is 2.11. The van der Waals surface area contributed by atoms with Crippen LogP contribution in [0, 0.1) is 6.92 Å². The molecule has 0 aromatic carbocycles. The molecule has 60 valence electrons. The second-order valence-electron chi connectivity index (χ2n) is 2.11. The molecule has 0 atom stereocenters. The molecule has 0 saturated heterocycles. The number of aliphatic imine (C=N–C) groups is 1. The smallest absolute Gasteiger partial charge is 0.145 e. The van der Waals surface area contributed by atoms with Gasteiger partial charge in [0.25, 0.3) is 0 Å². The maximum Gasteiger partial charge on any atom is 0.145 e.